The van der Waals surface area contributed by atoms with Crippen LogP contribution >= 0.6 is 15.9 Å². The first-order valence-corrected chi connectivity index (χ1v) is 8.62. The number of halogens is 1. The zero-order valence-corrected chi connectivity index (χ0v) is 15.4. The van der Waals surface area contributed by atoms with Gasteiger partial charge in [0, 0.05) is 30.7 Å². The fourth-order valence-electron chi connectivity index (χ4n) is 2.38. The predicted octanol–water partition coefficient (Wildman–Crippen LogP) is 3.81. The molecule has 0 aliphatic carbocycles. The Morgan fingerprint density at radius 2 is 2.10 bits per heavy atom. The highest BCUT2D eigenvalue weighted by Gasteiger charge is 2.13. The summed E-state index contributed by atoms with van der Waals surface area (Å²) < 4.78 is 6.46. The molecule has 0 spiro atoms. The summed E-state index contributed by atoms with van der Waals surface area (Å²) in [5.74, 6) is 0. The molecular weight excluding hydrogens is 328 g/mol. The van der Waals surface area contributed by atoms with Crippen LogP contribution in [0, 0.1) is 0 Å². The van der Waals surface area contributed by atoms with Gasteiger partial charge in [0.1, 0.15) is 0 Å². The quantitative estimate of drug-likeness (QED) is 0.645. The Bertz CT molecular complexity index is 412. The van der Waals surface area contributed by atoms with Crippen molar-refractivity contribution >= 4 is 15.9 Å². The van der Waals surface area contributed by atoms with Gasteiger partial charge in [-0.3, -0.25) is 4.90 Å². The molecule has 21 heavy (non-hydrogen) atoms. The standard InChI is InChI=1S/C17H29BrN2O/c1-5-9-19-11-15-7-8-16(17(18)10-15)12-20(6-2)14(3)13-21-4/h7-8,10,14,19H,5-6,9,11-13H2,1-4H3. The van der Waals surface area contributed by atoms with E-state index in [1.807, 2.05) is 0 Å². The molecule has 0 heterocycles. The Morgan fingerprint density at radius 3 is 2.67 bits per heavy atom. The van der Waals surface area contributed by atoms with Crippen LogP contribution in [0.5, 0.6) is 0 Å². The lowest BCUT2D eigenvalue weighted by atomic mass is 10.1. The van der Waals surface area contributed by atoms with Crippen LogP contribution in [0.3, 0.4) is 0 Å². The number of benzene rings is 1. The lowest BCUT2D eigenvalue weighted by Crippen LogP contribution is -2.35. The fourth-order valence-corrected chi connectivity index (χ4v) is 2.93. The molecule has 0 saturated carbocycles. The predicted molar refractivity (Wildman–Crippen MR) is 93.6 cm³/mol. The molecule has 1 aromatic carbocycles. The Hall–Kier alpha value is -0.420. The van der Waals surface area contributed by atoms with Crippen LogP contribution in [0.15, 0.2) is 22.7 Å². The molecule has 1 aromatic rings. The van der Waals surface area contributed by atoms with Crippen molar-refractivity contribution in [3.05, 3.63) is 33.8 Å². The van der Waals surface area contributed by atoms with Gasteiger partial charge in [0.05, 0.1) is 6.61 Å². The molecule has 0 aliphatic rings. The summed E-state index contributed by atoms with van der Waals surface area (Å²) in [6.45, 7) is 11.3. The van der Waals surface area contributed by atoms with Gasteiger partial charge in [0.2, 0.25) is 0 Å². The monoisotopic (exact) mass is 356 g/mol. The first-order valence-electron chi connectivity index (χ1n) is 7.83. The summed E-state index contributed by atoms with van der Waals surface area (Å²) in [6.07, 6.45) is 1.17. The SMILES string of the molecule is CCCNCc1ccc(CN(CC)C(C)COC)c(Br)c1. The van der Waals surface area contributed by atoms with Crippen LogP contribution < -0.4 is 5.32 Å². The number of hydrogen-bond acceptors (Lipinski definition) is 3. The highest BCUT2D eigenvalue weighted by atomic mass is 79.9. The largest absolute Gasteiger partial charge is 0.383 e. The van der Waals surface area contributed by atoms with Crippen molar-refractivity contribution in [3.63, 3.8) is 0 Å². The van der Waals surface area contributed by atoms with Gasteiger partial charge in [-0.1, -0.05) is 41.9 Å². The van der Waals surface area contributed by atoms with E-state index in [9.17, 15) is 0 Å². The number of ether oxygens (including phenoxy) is 1. The fraction of sp³-hybridized carbons (Fsp3) is 0.647. The van der Waals surface area contributed by atoms with E-state index >= 15 is 0 Å². The minimum atomic E-state index is 0.429. The van der Waals surface area contributed by atoms with Gasteiger partial charge in [-0.15, -0.1) is 0 Å². The smallest absolute Gasteiger partial charge is 0.0615 e. The summed E-state index contributed by atoms with van der Waals surface area (Å²) in [6, 6.07) is 7.11. The van der Waals surface area contributed by atoms with Crippen molar-refractivity contribution in [2.75, 3.05) is 26.8 Å². The first-order chi connectivity index (χ1) is 10.1. The maximum Gasteiger partial charge on any atom is 0.0615 e. The molecule has 3 nitrogen and oxygen atoms in total. The second-order valence-electron chi connectivity index (χ2n) is 5.47. The minimum Gasteiger partial charge on any atom is -0.383 e. The average molecular weight is 357 g/mol. The van der Waals surface area contributed by atoms with E-state index in [1.54, 1.807) is 7.11 Å². The molecule has 0 amide bonds. The van der Waals surface area contributed by atoms with Gasteiger partial charge in [-0.05, 0) is 43.6 Å². The summed E-state index contributed by atoms with van der Waals surface area (Å²) in [5, 5.41) is 3.44. The third-order valence-corrected chi connectivity index (χ3v) is 4.42. The Labute approximate surface area is 138 Å². The summed E-state index contributed by atoms with van der Waals surface area (Å²) in [4.78, 5) is 2.43. The Morgan fingerprint density at radius 1 is 1.33 bits per heavy atom. The van der Waals surface area contributed by atoms with Crippen molar-refractivity contribution in [2.45, 2.75) is 46.3 Å². The molecule has 120 valence electrons. The van der Waals surface area contributed by atoms with Gasteiger partial charge >= 0.3 is 0 Å². The topological polar surface area (TPSA) is 24.5 Å². The van der Waals surface area contributed by atoms with Crippen molar-refractivity contribution in [1.82, 2.24) is 10.2 Å². The number of rotatable bonds is 10. The van der Waals surface area contributed by atoms with Crippen LogP contribution in [-0.4, -0.2) is 37.7 Å². The molecule has 0 aliphatic heterocycles. The zero-order valence-electron chi connectivity index (χ0n) is 13.8. The van der Waals surface area contributed by atoms with Crippen molar-refractivity contribution in [3.8, 4) is 0 Å². The van der Waals surface area contributed by atoms with E-state index in [2.05, 4.69) is 65.1 Å². The normalized spacial score (nSPS) is 12.9. The number of nitrogens with one attached hydrogen (secondary N) is 1. The molecule has 0 saturated heterocycles. The van der Waals surface area contributed by atoms with E-state index in [1.165, 1.54) is 22.0 Å². The molecular formula is C17H29BrN2O. The van der Waals surface area contributed by atoms with Gasteiger partial charge in [0.25, 0.3) is 0 Å². The van der Waals surface area contributed by atoms with Crippen LogP contribution in [0.25, 0.3) is 0 Å². The third-order valence-electron chi connectivity index (χ3n) is 3.68. The zero-order chi connectivity index (χ0) is 15.7. The van der Waals surface area contributed by atoms with E-state index < -0.39 is 0 Å². The molecule has 0 aromatic heterocycles. The number of hydrogen-bond donors (Lipinski definition) is 1. The molecule has 1 N–H and O–H groups in total. The summed E-state index contributed by atoms with van der Waals surface area (Å²) >= 11 is 3.72. The minimum absolute atomic E-state index is 0.429. The molecule has 0 bridgehead atoms. The van der Waals surface area contributed by atoms with E-state index in [-0.39, 0.29) is 0 Å². The van der Waals surface area contributed by atoms with Gasteiger partial charge in [0.15, 0.2) is 0 Å². The molecule has 1 atom stereocenters. The van der Waals surface area contributed by atoms with Gasteiger partial charge < -0.3 is 10.1 Å². The van der Waals surface area contributed by atoms with Crippen LogP contribution in [-0.2, 0) is 17.8 Å². The molecule has 0 radical (unpaired) electrons. The summed E-state index contributed by atoms with van der Waals surface area (Å²) in [5.41, 5.74) is 2.66. The van der Waals surface area contributed by atoms with Crippen LogP contribution in [0.2, 0.25) is 0 Å². The second kappa shape index (κ2) is 10.3. The van der Waals surface area contributed by atoms with Crippen LogP contribution in [0.4, 0.5) is 0 Å². The third kappa shape index (κ3) is 6.47. The maximum atomic E-state index is 5.27. The second-order valence-corrected chi connectivity index (χ2v) is 6.32. The van der Waals surface area contributed by atoms with Crippen LogP contribution in [0.1, 0.15) is 38.3 Å². The first kappa shape index (κ1) is 18.6. The van der Waals surface area contributed by atoms with Gasteiger partial charge in [-0.25, -0.2) is 0 Å². The molecule has 0 fully saturated rings. The lowest BCUT2D eigenvalue weighted by molar-refractivity contribution is 0.0981. The molecule has 4 heteroatoms. The Balaban J connectivity index is 2.66. The Kier molecular flexibility index (Phi) is 9.16. The van der Waals surface area contributed by atoms with E-state index in [4.69, 9.17) is 4.74 Å². The number of nitrogens with zero attached hydrogens (tertiary/aromatic N) is 1. The van der Waals surface area contributed by atoms with Crippen molar-refractivity contribution in [1.29, 1.82) is 0 Å². The highest BCUT2D eigenvalue weighted by molar-refractivity contribution is 9.10. The van der Waals surface area contributed by atoms with E-state index in [0.717, 1.165) is 32.8 Å². The van der Waals surface area contributed by atoms with Gasteiger partial charge in [-0.2, -0.15) is 0 Å². The molecule has 1 rings (SSSR count). The average Bonchev–Trinajstić information content (AvgIpc) is 2.47. The van der Waals surface area contributed by atoms with E-state index in [0.29, 0.717) is 6.04 Å². The van der Waals surface area contributed by atoms with Crippen molar-refractivity contribution in [2.24, 2.45) is 0 Å². The summed E-state index contributed by atoms with van der Waals surface area (Å²) in [7, 11) is 1.76. The number of likely N-dealkylation sites (N-methyl/N-ethyl adjacent to an activating group) is 1. The lowest BCUT2D eigenvalue weighted by Gasteiger charge is -2.27. The molecule has 1 unspecified atom stereocenters. The maximum absolute atomic E-state index is 5.27. The highest BCUT2D eigenvalue weighted by Crippen LogP contribution is 2.21. The van der Waals surface area contributed by atoms with Crippen molar-refractivity contribution < 1.29 is 4.74 Å². The number of methoxy groups -OCH3 is 1.